The van der Waals surface area contributed by atoms with E-state index >= 15 is 0 Å². The van der Waals surface area contributed by atoms with Crippen molar-refractivity contribution in [1.29, 1.82) is 0 Å². The smallest absolute Gasteiger partial charge is 0.471 e. The molecule has 4 nitrogen and oxygen atoms in total. The zero-order valence-corrected chi connectivity index (χ0v) is 8.18. The van der Waals surface area contributed by atoms with Gasteiger partial charge in [0.15, 0.2) is 0 Å². The lowest BCUT2D eigenvalue weighted by Crippen LogP contribution is -2.29. The monoisotopic (exact) mass is 196 g/mol. The Hall–Kier alpha value is -1.33. The van der Waals surface area contributed by atoms with Gasteiger partial charge in [-0.15, -0.1) is 0 Å². The van der Waals surface area contributed by atoms with E-state index in [4.69, 9.17) is 14.8 Å². The summed E-state index contributed by atoms with van der Waals surface area (Å²) in [7, 11) is -0.0348. The van der Waals surface area contributed by atoms with Crippen LogP contribution in [-0.4, -0.2) is 30.7 Å². The molecule has 0 aliphatic carbocycles. The summed E-state index contributed by atoms with van der Waals surface area (Å²) in [5.74, 6) is 0. The number of carbonyl (C=O) groups is 1. The molecular weight excluding hydrogens is 183 g/mol. The predicted molar refractivity (Wildman–Crippen MR) is 54.1 cm³/mol. The summed E-state index contributed by atoms with van der Waals surface area (Å²) in [6.07, 6.45) is 0. The molecule has 14 heavy (non-hydrogen) atoms. The highest BCUT2D eigenvalue weighted by atomic mass is 16.5. The quantitative estimate of drug-likeness (QED) is 0.492. The average molecular weight is 196 g/mol. The Kier molecular flexibility index (Phi) is 6.44. The number of aryl methyl sites for hydroxylation is 1. The van der Waals surface area contributed by atoms with Crippen molar-refractivity contribution < 1.29 is 19.6 Å². The molecule has 1 aromatic carbocycles. The zero-order chi connectivity index (χ0) is 11.0. The average Bonchev–Trinajstić information content (AvgIpc) is 2.18. The fourth-order valence-corrected chi connectivity index (χ4v) is 0.831. The molecule has 0 aliphatic heterocycles. The number of benzene rings is 1. The molecule has 0 spiro atoms. The highest BCUT2D eigenvalue weighted by molar-refractivity contribution is 6.58. The molecule has 0 unspecified atom stereocenters. The van der Waals surface area contributed by atoms with E-state index in [2.05, 4.69) is 4.74 Å². The van der Waals surface area contributed by atoms with Gasteiger partial charge in [-0.25, -0.2) is 0 Å². The van der Waals surface area contributed by atoms with Gasteiger partial charge in [0, 0.05) is 0 Å². The van der Waals surface area contributed by atoms with Crippen molar-refractivity contribution in [3.63, 3.8) is 0 Å². The lowest BCUT2D eigenvalue weighted by Gasteiger charge is -1.98. The fourth-order valence-electron chi connectivity index (χ4n) is 0.831. The first kappa shape index (κ1) is 12.7. The largest absolute Gasteiger partial charge is 0.488 e. The third-order valence-electron chi connectivity index (χ3n) is 1.44. The Morgan fingerprint density at radius 3 is 2.29 bits per heavy atom. The Morgan fingerprint density at radius 1 is 1.43 bits per heavy atom. The van der Waals surface area contributed by atoms with Crippen molar-refractivity contribution in [3.05, 3.63) is 29.8 Å². The van der Waals surface area contributed by atoms with Crippen LogP contribution < -0.4 is 5.46 Å². The van der Waals surface area contributed by atoms with Crippen LogP contribution >= 0.6 is 0 Å². The maximum absolute atomic E-state index is 8.95. The van der Waals surface area contributed by atoms with E-state index in [0.717, 1.165) is 5.56 Å². The van der Waals surface area contributed by atoms with Crippen LogP contribution in [0.25, 0.3) is 0 Å². The first-order chi connectivity index (χ1) is 6.61. The molecule has 0 saturated heterocycles. The highest BCUT2D eigenvalue weighted by Crippen LogP contribution is 1.92. The van der Waals surface area contributed by atoms with E-state index in [9.17, 15) is 0 Å². The van der Waals surface area contributed by atoms with Gasteiger partial charge < -0.3 is 14.8 Å². The zero-order valence-electron chi connectivity index (χ0n) is 8.18. The first-order valence-electron chi connectivity index (χ1n) is 4.01. The molecule has 76 valence electrons. The number of rotatable bonds is 2. The standard InChI is InChI=1S/C7H9BO2.C2H4O2/c1-6-3-2-4-7(5-6)8(9)10;1-4-2-3/h2-5,9-10H,1H3;2H,1H3. The fraction of sp³-hybridized carbons (Fsp3) is 0.222. The molecule has 0 aliphatic rings. The van der Waals surface area contributed by atoms with Gasteiger partial charge in [0.25, 0.3) is 6.47 Å². The molecule has 0 saturated carbocycles. The van der Waals surface area contributed by atoms with Gasteiger partial charge in [0.2, 0.25) is 0 Å². The third kappa shape index (κ3) is 5.34. The van der Waals surface area contributed by atoms with Gasteiger partial charge in [-0.05, 0) is 12.4 Å². The van der Waals surface area contributed by atoms with Crippen molar-refractivity contribution >= 4 is 19.1 Å². The molecule has 0 fully saturated rings. The van der Waals surface area contributed by atoms with Crippen LogP contribution in [0.5, 0.6) is 0 Å². The third-order valence-corrected chi connectivity index (χ3v) is 1.44. The maximum atomic E-state index is 8.95. The van der Waals surface area contributed by atoms with Gasteiger partial charge in [0.1, 0.15) is 0 Å². The van der Waals surface area contributed by atoms with Crippen LogP contribution in [-0.2, 0) is 9.53 Å². The van der Waals surface area contributed by atoms with E-state index in [1.807, 2.05) is 13.0 Å². The van der Waals surface area contributed by atoms with Crippen LogP contribution in [0.4, 0.5) is 0 Å². The Balaban J connectivity index is 0.000000364. The molecule has 0 amide bonds. The summed E-state index contributed by atoms with van der Waals surface area (Å²) >= 11 is 0. The molecule has 0 aromatic heterocycles. The van der Waals surface area contributed by atoms with E-state index in [0.29, 0.717) is 11.9 Å². The minimum Gasteiger partial charge on any atom is -0.471 e. The molecule has 2 N–H and O–H groups in total. The van der Waals surface area contributed by atoms with Crippen LogP contribution in [0, 0.1) is 6.92 Å². The Labute approximate surface area is 83.3 Å². The lowest BCUT2D eigenvalue weighted by atomic mass is 9.80. The van der Waals surface area contributed by atoms with Crippen molar-refractivity contribution in [1.82, 2.24) is 0 Å². The number of ether oxygens (including phenoxy) is 1. The number of carbonyl (C=O) groups excluding carboxylic acids is 1. The number of hydrogen-bond donors (Lipinski definition) is 2. The van der Waals surface area contributed by atoms with Gasteiger partial charge in [-0.1, -0.05) is 29.8 Å². The summed E-state index contributed by atoms with van der Waals surface area (Å²) in [5.41, 5.74) is 1.57. The van der Waals surface area contributed by atoms with Crippen LogP contribution in [0.2, 0.25) is 0 Å². The van der Waals surface area contributed by atoms with Crippen LogP contribution in [0.15, 0.2) is 24.3 Å². The second kappa shape index (κ2) is 7.11. The second-order valence-electron chi connectivity index (χ2n) is 2.62. The summed E-state index contributed by atoms with van der Waals surface area (Å²) in [4.78, 5) is 8.95. The molecule has 1 rings (SSSR count). The van der Waals surface area contributed by atoms with Gasteiger partial charge >= 0.3 is 7.12 Å². The predicted octanol–water partition coefficient (Wildman–Crippen LogP) is -0.536. The first-order valence-corrected chi connectivity index (χ1v) is 4.01. The maximum Gasteiger partial charge on any atom is 0.488 e. The SMILES string of the molecule is COC=O.Cc1cccc(B(O)O)c1. The van der Waals surface area contributed by atoms with Crippen molar-refractivity contribution in [2.24, 2.45) is 0 Å². The Bertz CT molecular complexity index is 275. The van der Waals surface area contributed by atoms with Gasteiger partial charge in [0.05, 0.1) is 7.11 Å². The Morgan fingerprint density at radius 2 is 2.00 bits per heavy atom. The molecule has 5 heteroatoms. The summed E-state index contributed by atoms with van der Waals surface area (Å²) in [6.45, 7) is 2.28. The summed E-state index contributed by atoms with van der Waals surface area (Å²) < 4.78 is 3.86. The second-order valence-corrected chi connectivity index (χ2v) is 2.62. The van der Waals surface area contributed by atoms with E-state index < -0.39 is 7.12 Å². The number of hydrogen-bond acceptors (Lipinski definition) is 4. The van der Waals surface area contributed by atoms with E-state index in [1.165, 1.54) is 7.11 Å². The number of methoxy groups -OCH3 is 1. The molecule has 0 atom stereocenters. The minimum absolute atomic E-state index is 0.375. The molecular formula is C9H13BO4. The summed E-state index contributed by atoms with van der Waals surface area (Å²) in [5, 5.41) is 17.4. The molecule has 0 radical (unpaired) electrons. The van der Waals surface area contributed by atoms with Crippen molar-refractivity contribution in [2.45, 2.75) is 6.92 Å². The van der Waals surface area contributed by atoms with Gasteiger partial charge in [-0.2, -0.15) is 0 Å². The molecule has 0 heterocycles. The molecule has 1 aromatic rings. The highest BCUT2D eigenvalue weighted by Gasteiger charge is 2.08. The van der Waals surface area contributed by atoms with E-state index in [1.54, 1.807) is 18.2 Å². The minimum atomic E-state index is -1.35. The molecule has 0 bridgehead atoms. The normalized spacial score (nSPS) is 8.29. The van der Waals surface area contributed by atoms with E-state index in [-0.39, 0.29) is 0 Å². The topological polar surface area (TPSA) is 66.8 Å². The van der Waals surface area contributed by atoms with Gasteiger partial charge in [-0.3, -0.25) is 4.79 Å². The lowest BCUT2D eigenvalue weighted by molar-refractivity contribution is -0.126. The van der Waals surface area contributed by atoms with Crippen LogP contribution in [0.1, 0.15) is 5.56 Å². The van der Waals surface area contributed by atoms with Crippen molar-refractivity contribution in [3.8, 4) is 0 Å². The van der Waals surface area contributed by atoms with Crippen molar-refractivity contribution in [2.75, 3.05) is 7.11 Å². The van der Waals surface area contributed by atoms with Crippen LogP contribution in [0.3, 0.4) is 0 Å². The summed E-state index contributed by atoms with van der Waals surface area (Å²) in [6, 6.07) is 7.12.